The molecule has 74 valence electrons. The molecule has 0 radical (unpaired) electrons. The Morgan fingerprint density at radius 2 is 2.15 bits per heavy atom. The van der Waals surface area contributed by atoms with Gasteiger partial charge in [-0.15, -0.1) is 0 Å². The molecule has 2 fully saturated rings. The third kappa shape index (κ3) is 1.84. The van der Waals surface area contributed by atoms with Gasteiger partial charge in [-0.1, -0.05) is 0 Å². The first-order valence-electron chi connectivity index (χ1n) is 4.97. The first-order chi connectivity index (χ1) is 6.27. The highest BCUT2D eigenvalue weighted by Crippen LogP contribution is 2.28. The van der Waals surface area contributed by atoms with Crippen LogP contribution in [0.5, 0.6) is 0 Å². The fourth-order valence-electron chi connectivity index (χ4n) is 1.84. The predicted molar refractivity (Wildman–Crippen MR) is 47.6 cm³/mol. The van der Waals surface area contributed by atoms with Gasteiger partial charge in [-0.05, 0) is 25.7 Å². The summed E-state index contributed by atoms with van der Waals surface area (Å²) in [6, 6.07) is 0.235. The topological polar surface area (TPSA) is 55.6 Å². The first-order valence-corrected chi connectivity index (χ1v) is 4.97. The molecule has 2 N–H and O–H groups in total. The van der Waals surface area contributed by atoms with Crippen LogP contribution in [0.4, 0.5) is 0 Å². The zero-order valence-electron chi connectivity index (χ0n) is 7.74. The summed E-state index contributed by atoms with van der Waals surface area (Å²) < 4.78 is 0. The number of carbonyl (C=O) groups excluding carboxylic acids is 1. The van der Waals surface area contributed by atoms with Gasteiger partial charge in [0.25, 0.3) is 0 Å². The van der Waals surface area contributed by atoms with Crippen LogP contribution in [0, 0.1) is 5.92 Å². The highest BCUT2D eigenvalue weighted by Gasteiger charge is 2.35. The molecule has 1 amide bonds. The minimum absolute atomic E-state index is 0.132. The van der Waals surface area contributed by atoms with Gasteiger partial charge < -0.3 is 5.73 Å². The molecule has 2 rings (SSSR count). The number of rotatable bonds is 1. The molecule has 1 aliphatic heterocycles. The van der Waals surface area contributed by atoms with Gasteiger partial charge in [-0.25, -0.2) is 5.06 Å². The van der Waals surface area contributed by atoms with Gasteiger partial charge in [0.2, 0.25) is 5.91 Å². The Bertz CT molecular complexity index is 196. The van der Waals surface area contributed by atoms with Crippen molar-refractivity contribution in [2.75, 3.05) is 13.2 Å². The Balaban J connectivity index is 1.82. The monoisotopic (exact) mass is 184 g/mol. The lowest BCUT2D eigenvalue weighted by atomic mass is 9.80. The zero-order chi connectivity index (χ0) is 9.26. The van der Waals surface area contributed by atoms with Crippen molar-refractivity contribution in [2.24, 2.45) is 11.7 Å². The predicted octanol–water partition coefficient (Wildman–Crippen LogP) is 0.278. The number of hydroxylamine groups is 2. The van der Waals surface area contributed by atoms with Crippen molar-refractivity contribution in [1.82, 2.24) is 5.06 Å². The number of amides is 1. The minimum atomic E-state index is 0.132. The van der Waals surface area contributed by atoms with Crippen LogP contribution >= 0.6 is 0 Å². The second kappa shape index (κ2) is 3.64. The zero-order valence-corrected chi connectivity index (χ0v) is 7.74. The normalized spacial score (nSPS) is 34.1. The summed E-state index contributed by atoms with van der Waals surface area (Å²) in [5, 5.41) is 1.53. The molecule has 0 spiro atoms. The van der Waals surface area contributed by atoms with E-state index in [0.29, 0.717) is 6.61 Å². The summed E-state index contributed by atoms with van der Waals surface area (Å²) in [5.41, 5.74) is 5.62. The second-order valence-corrected chi connectivity index (χ2v) is 3.91. The number of hydrogen-bond acceptors (Lipinski definition) is 3. The first kappa shape index (κ1) is 8.97. The van der Waals surface area contributed by atoms with Gasteiger partial charge in [0.05, 0.1) is 6.61 Å². The lowest BCUT2D eigenvalue weighted by molar-refractivity contribution is -0.203. The van der Waals surface area contributed by atoms with E-state index in [0.717, 1.165) is 32.2 Å². The third-order valence-corrected chi connectivity index (χ3v) is 2.77. The third-order valence-electron chi connectivity index (χ3n) is 2.77. The van der Waals surface area contributed by atoms with Gasteiger partial charge in [0.15, 0.2) is 0 Å². The van der Waals surface area contributed by atoms with Crippen LogP contribution in [0.25, 0.3) is 0 Å². The second-order valence-electron chi connectivity index (χ2n) is 3.91. The van der Waals surface area contributed by atoms with E-state index in [1.807, 2.05) is 0 Å². The lowest BCUT2D eigenvalue weighted by Gasteiger charge is -2.36. The Morgan fingerprint density at radius 1 is 1.38 bits per heavy atom. The Kier molecular flexibility index (Phi) is 2.51. The minimum Gasteiger partial charge on any atom is -0.328 e. The highest BCUT2D eigenvalue weighted by molar-refractivity contribution is 5.79. The van der Waals surface area contributed by atoms with Crippen molar-refractivity contribution in [3.63, 3.8) is 0 Å². The summed E-state index contributed by atoms with van der Waals surface area (Å²) in [5.74, 6) is 0.273. The van der Waals surface area contributed by atoms with E-state index in [1.54, 1.807) is 0 Å². The van der Waals surface area contributed by atoms with E-state index in [1.165, 1.54) is 5.06 Å². The van der Waals surface area contributed by atoms with Crippen LogP contribution < -0.4 is 5.73 Å². The maximum atomic E-state index is 11.7. The summed E-state index contributed by atoms with van der Waals surface area (Å²) in [6.45, 7) is 1.44. The van der Waals surface area contributed by atoms with Crippen LogP contribution in [0.15, 0.2) is 0 Å². The number of nitrogens with two attached hydrogens (primary N) is 1. The molecule has 13 heavy (non-hydrogen) atoms. The van der Waals surface area contributed by atoms with Crippen molar-refractivity contribution in [3.05, 3.63) is 0 Å². The van der Waals surface area contributed by atoms with Crippen molar-refractivity contribution in [3.8, 4) is 0 Å². The number of hydrogen-bond donors (Lipinski definition) is 1. The number of carbonyl (C=O) groups is 1. The fourth-order valence-corrected chi connectivity index (χ4v) is 1.84. The number of nitrogens with zero attached hydrogens (tertiary/aromatic N) is 1. The van der Waals surface area contributed by atoms with E-state index in [9.17, 15) is 4.79 Å². The largest absolute Gasteiger partial charge is 0.328 e. The SMILES string of the molecule is NC1CC(C(=O)N2CCCCO2)C1. The van der Waals surface area contributed by atoms with Crippen LogP contribution in [-0.2, 0) is 9.63 Å². The van der Waals surface area contributed by atoms with Gasteiger partial charge in [0.1, 0.15) is 0 Å². The van der Waals surface area contributed by atoms with E-state index in [4.69, 9.17) is 10.6 Å². The molecule has 1 saturated heterocycles. The summed E-state index contributed by atoms with van der Waals surface area (Å²) in [6.07, 6.45) is 3.79. The Hall–Kier alpha value is -0.610. The molecule has 2 aliphatic rings. The van der Waals surface area contributed by atoms with Crippen molar-refractivity contribution in [2.45, 2.75) is 31.7 Å². The quantitative estimate of drug-likeness (QED) is 0.636. The van der Waals surface area contributed by atoms with Crippen LogP contribution in [0.3, 0.4) is 0 Å². The van der Waals surface area contributed by atoms with Crippen molar-refractivity contribution in [1.29, 1.82) is 0 Å². The summed E-state index contributed by atoms with van der Waals surface area (Å²) in [7, 11) is 0. The Morgan fingerprint density at radius 3 is 2.69 bits per heavy atom. The van der Waals surface area contributed by atoms with Crippen molar-refractivity contribution < 1.29 is 9.63 Å². The van der Waals surface area contributed by atoms with Gasteiger partial charge in [-0.3, -0.25) is 9.63 Å². The van der Waals surface area contributed by atoms with E-state index in [-0.39, 0.29) is 17.9 Å². The maximum Gasteiger partial charge on any atom is 0.249 e. The summed E-state index contributed by atoms with van der Waals surface area (Å²) in [4.78, 5) is 16.9. The molecular weight excluding hydrogens is 168 g/mol. The fraction of sp³-hybridized carbons (Fsp3) is 0.889. The molecule has 0 atom stereocenters. The molecule has 1 aliphatic carbocycles. The molecule has 0 aromatic rings. The van der Waals surface area contributed by atoms with Gasteiger partial charge >= 0.3 is 0 Å². The van der Waals surface area contributed by atoms with Crippen LogP contribution in [0.1, 0.15) is 25.7 Å². The molecule has 0 unspecified atom stereocenters. The molecule has 4 heteroatoms. The van der Waals surface area contributed by atoms with E-state index >= 15 is 0 Å². The molecule has 1 heterocycles. The highest BCUT2D eigenvalue weighted by atomic mass is 16.7. The van der Waals surface area contributed by atoms with E-state index < -0.39 is 0 Å². The Labute approximate surface area is 78.0 Å². The molecular formula is C9H16N2O2. The average molecular weight is 184 g/mol. The van der Waals surface area contributed by atoms with Gasteiger partial charge in [0, 0.05) is 18.5 Å². The van der Waals surface area contributed by atoms with Crippen LogP contribution in [0.2, 0.25) is 0 Å². The van der Waals surface area contributed by atoms with Gasteiger partial charge in [-0.2, -0.15) is 0 Å². The summed E-state index contributed by atoms with van der Waals surface area (Å²) >= 11 is 0. The average Bonchev–Trinajstić information content (AvgIpc) is 2.13. The maximum absolute atomic E-state index is 11.7. The molecule has 1 saturated carbocycles. The lowest BCUT2D eigenvalue weighted by Crippen LogP contribution is -2.48. The van der Waals surface area contributed by atoms with E-state index in [2.05, 4.69) is 0 Å². The molecule has 0 bridgehead atoms. The standard InChI is InChI=1S/C9H16N2O2/c10-8-5-7(6-8)9(12)11-3-1-2-4-13-11/h7-8H,1-6,10H2. The van der Waals surface area contributed by atoms with Crippen molar-refractivity contribution >= 4 is 5.91 Å². The van der Waals surface area contributed by atoms with Crippen LogP contribution in [-0.4, -0.2) is 30.2 Å². The smallest absolute Gasteiger partial charge is 0.249 e. The molecule has 0 aromatic carbocycles. The molecule has 0 aromatic heterocycles. The molecule has 4 nitrogen and oxygen atoms in total.